The minimum atomic E-state index is -0.373. The fraction of sp³-hybridized carbons (Fsp3) is 0.800. The van der Waals surface area contributed by atoms with Crippen molar-refractivity contribution in [1.29, 1.82) is 0 Å². The standard InChI is InChI=1S/C20H31N5O3S/c1-4-15(25(2)3)17-23-24-19(28-17)29-11-16(26)21-18(27)22-20-8-12-5-13(9-20)7-14(6-12)10-20/h12-15H,4-11H2,1-3H3,(H2,21,22,26,27). The molecule has 0 aliphatic heterocycles. The molecule has 1 aromatic heterocycles. The largest absolute Gasteiger partial charge is 0.414 e. The summed E-state index contributed by atoms with van der Waals surface area (Å²) in [4.78, 5) is 26.7. The molecule has 1 aromatic rings. The van der Waals surface area contributed by atoms with E-state index in [1.54, 1.807) is 0 Å². The van der Waals surface area contributed by atoms with Gasteiger partial charge in [-0.1, -0.05) is 18.7 Å². The molecule has 0 spiro atoms. The van der Waals surface area contributed by atoms with Crippen molar-refractivity contribution < 1.29 is 14.0 Å². The average molecular weight is 422 g/mol. The number of rotatable bonds is 7. The zero-order valence-corrected chi connectivity index (χ0v) is 18.3. The van der Waals surface area contributed by atoms with Crippen LogP contribution in [-0.2, 0) is 4.79 Å². The molecular weight excluding hydrogens is 390 g/mol. The molecule has 4 bridgehead atoms. The van der Waals surface area contributed by atoms with Gasteiger partial charge in [-0.2, -0.15) is 0 Å². The van der Waals surface area contributed by atoms with Gasteiger partial charge in [0.15, 0.2) is 0 Å². The van der Waals surface area contributed by atoms with E-state index in [0.29, 0.717) is 11.1 Å². The van der Waals surface area contributed by atoms with Crippen LogP contribution in [-0.4, -0.2) is 52.4 Å². The van der Waals surface area contributed by atoms with Gasteiger partial charge in [0.2, 0.25) is 11.8 Å². The van der Waals surface area contributed by atoms with Crippen molar-refractivity contribution in [3.8, 4) is 0 Å². The van der Waals surface area contributed by atoms with Gasteiger partial charge in [0.1, 0.15) is 0 Å². The van der Waals surface area contributed by atoms with Crippen molar-refractivity contribution in [2.75, 3.05) is 19.8 Å². The molecule has 2 N–H and O–H groups in total. The minimum Gasteiger partial charge on any atom is -0.414 e. The summed E-state index contributed by atoms with van der Waals surface area (Å²) in [5.41, 5.74) is -0.102. The third-order valence-electron chi connectivity index (χ3n) is 6.71. The van der Waals surface area contributed by atoms with E-state index in [2.05, 4.69) is 27.8 Å². The molecule has 3 amide bonds. The molecule has 8 nitrogen and oxygen atoms in total. The first kappa shape index (κ1) is 20.7. The fourth-order valence-corrected chi connectivity index (χ4v) is 6.57. The summed E-state index contributed by atoms with van der Waals surface area (Å²) in [5, 5.41) is 14.1. The Morgan fingerprint density at radius 2 is 1.79 bits per heavy atom. The van der Waals surface area contributed by atoms with Gasteiger partial charge < -0.3 is 9.73 Å². The second-order valence-electron chi connectivity index (χ2n) is 9.28. The maximum absolute atomic E-state index is 12.4. The van der Waals surface area contributed by atoms with Crippen molar-refractivity contribution in [2.45, 2.75) is 68.7 Å². The smallest absolute Gasteiger partial charge is 0.321 e. The molecule has 4 fully saturated rings. The van der Waals surface area contributed by atoms with Crippen LogP contribution in [0.5, 0.6) is 0 Å². The van der Waals surface area contributed by atoms with E-state index in [1.165, 1.54) is 19.3 Å². The topological polar surface area (TPSA) is 100 Å². The lowest BCUT2D eigenvalue weighted by Crippen LogP contribution is -2.61. The first-order valence-corrected chi connectivity index (χ1v) is 11.6. The van der Waals surface area contributed by atoms with Crippen molar-refractivity contribution >= 4 is 23.7 Å². The Kier molecular flexibility index (Phi) is 5.88. The number of hydrogen-bond donors (Lipinski definition) is 2. The summed E-state index contributed by atoms with van der Waals surface area (Å²) < 4.78 is 5.66. The van der Waals surface area contributed by atoms with Crippen LogP contribution in [0.4, 0.5) is 4.79 Å². The molecule has 160 valence electrons. The maximum atomic E-state index is 12.4. The molecule has 0 aromatic carbocycles. The molecule has 5 rings (SSSR count). The number of imide groups is 1. The van der Waals surface area contributed by atoms with Gasteiger partial charge in [-0.05, 0) is 76.8 Å². The van der Waals surface area contributed by atoms with Crippen LogP contribution >= 0.6 is 11.8 Å². The molecule has 1 atom stereocenters. The molecule has 29 heavy (non-hydrogen) atoms. The minimum absolute atomic E-state index is 0.0525. The summed E-state index contributed by atoms with van der Waals surface area (Å²) in [6.45, 7) is 2.05. The summed E-state index contributed by atoms with van der Waals surface area (Å²) in [6, 6.07) is -0.320. The number of urea groups is 1. The third-order valence-corrected chi connectivity index (χ3v) is 7.53. The summed E-state index contributed by atoms with van der Waals surface area (Å²) in [7, 11) is 3.92. The van der Waals surface area contributed by atoms with Crippen LogP contribution in [0.1, 0.15) is 63.8 Å². The fourth-order valence-electron chi connectivity index (χ4n) is 6.00. The highest BCUT2D eigenvalue weighted by molar-refractivity contribution is 7.99. The SMILES string of the molecule is CCC(c1nnc(SCC(=O)NC(=O)NC23CC4CC(CC(C4)C2)C3)o1)N(C)C. The van der Waals surface area contributed by atoms with Crippen LogP contribution in [0.3, 0.4) is 0 Å². The molecule has 4 aliphatic rings. The number of amides is 3. The van der Waals surface area contributed by atoms with Crippen LogP contribution in [0.25, 0.3) is 0 Å². The first-order valence-electron chi connectivity index (χ1n) is 10.6. The van der Waals surface area contributed by atoms with E-state index in [-0.39, 0.29) is 29.3 Å². The lowest BCUT2D eigenvalue weighted by molar-refractivity contribution is -0.117. The average Bonchev–Trinajstić information content (AvgIpc) is 3.07. The van der Waals surface area contributed by atoms with Gasteiger partial charge in [-0.15, -0.1) is 10.2 Å². The zero-order valence-electron chi connectivity index (χ0n) is 17.4. The van der Waals surface area contributed by atoms with Crippen LogP contribution in [0.15, 0.2) is 9.64 Å². The Bertz CT molecular complexity index is 730. The molecular formula is C20H31N5O3S. The third kappa shape index (κ3) is 4.60. The molecule has 0 radical (unpaired) electrons. The Morgan fingerprint density at radius 3 is 2.34 bits per heavy atom. The van der Waals surface area contributed by atoms with Crippen molar-refractivity contribution in [3.63, 3.8) is 0 Å². The van der Waals surface area contributed by atoms with Crippen LogP contribution < -0.4 is 10.6 Å². The van der Waals surface area contributed by atoms with Gasteiger partial charge in [0.25, 0.3) is 5.22 Å². The van der Waals surface area contributed by atoms with Crippen molar-refractivity contribution in [1.82, 2.24) is 25.7 Å². The zero-order chi connectivity index (χ0) is 20.6. The van der Waals surface area contributed by atoms with Crippen LogP contribution in [0.2, 0.25) is 0 Å². The lowest BCUT2D eigenvalue weighted by Gasteiger charge is -2.56. The van der Waals surface area contributed by atoms with Crippen LogP contribution in [0, 0.1) is 17.8 Å². The highest BCUT2D eigenvalue weighted by Gasteiger charge is 2.51. The number of nitrogens with zero attached hydrogens (tertiary/aromatic N) is 3. The van der Waals surface area contributed by atoms with Gasteiger partial charge >= 0.3 is 6.03 Å². The molecule has 1 unspecified atom stereocenters. The molecule has 4 aliphatic carbocycles. The van der Waals surface area contributed by atoms with E-state index in [1.807, 2.05) is 19.0 Å². The Hall–Kier alpha value is -1.61. The number of carbonyl (C=O) groups excluding carboxylic acids is 2. The van der Waals surface area contributed by atoms with Crippen molar-refractivity contribution in [2.24, 2.45) is 17.8 Å². The van der Waals surface area contributed by atoms with Gasteiger partial charge in [-0.25, -0.2) is 4.79 Å². The van der Waals surface area contributed by atoms with Gasteiger partial charge in [0.05, 0.1) is 11.8 Å². The van der Waals surface area contributed by atoms with Crippen molar-refractivity contribution in [3.05, 3.63) is 5.89 Å². The van der Waals surface area contributed by atoms with E-state index < -0.39 is 0 Å². The normalized spacial score (nSPS) is 31.1. The molecule has 1 heterocycles. The summed E-state index contributed by atoms with van der Waals surface area (Å²) in [5.74, 6) is 2.49. The van der Waals surface area contributed by atoms with E-state index in [4.69, 9.17) is 4.42 Å². The van der Waals surface area contributed by atoms with E-state index in [0.717, 1.165) is 55.2 Å². The molecule has 4 saturated carbocycles. The highest BCUT2D eigenvalue weighted by atomic mass is 32.2. The monoisotopic (exact) mass is 421 g/mol. The number of carbonyl (C=O) groups is 2. The van der Waals surface area contributed by atoms with Gasteiger partial charge in [0, 0.05) is 5.54 Å². The molecule has 9 heteroatoms. The highest BCUT2D eigenvalue weighted by Crippen LogP contribution is 2.55. The molecule has 0 saturated heterocycles. The number of hydrogen-bond acceptors (Lipinski definition) is 7. The predicted octanol–water partition coefficient (Wildman–Crippen LogP) is 2.97. The summed E-state index contributed by atoms with van der Waals surface area (Å²) >= 11 is 1.15. The van der Waals surface area contributed by atoms with E-state index in [9.17, 15) is 9.59 Å². The lowest BCUT2D eigenvalue weighted by atomic mass is 9.53. The quantitative estimate of drug-likeness (QED) is 0.653. The number of aromatic nitrogens is 2. The second-order valence-corrected chi connectivity index (χ2v) is 10.2. The number of thioether (sulfide) groups is 1. The first-order chi connectivity index (χ1) is 13.9. The van der Waals surface area contributed by atoms with Gasteiger partial charge in [-0.3, -0.25) is 15.0 Å². The summed E-state index contributed by atoms with van der Waals surface area (Å²) in [6.07, 6.45) is 7.98. The number of nitrogens with one attached hydrogen (secondary N) is 2. The second kappa shape index (κ2) is 8.26. The maximum Gasteiger partial charge on any atom is 0.321 e. The Labute approximate surface area is 175 Å². The van der Waals surface area contributed by atoms with E-state index >= 15 is 0 Å². The Morgan fingerprint density at radius 1 is 1.17 bits per heavy atom. The predicted molar refractivity (Wildman–Crippen MR) is 109 cm³/mol. The Balaban J connectivity index is 1.25.